The third kappa shape index (κ3) is 2.77. The Labute approximate surface area is 146 Å². The number of fused-ring (bicyclic) bond motifs is 2. The number of H-pyrrole nitrogens is 2. The second-order valence-electron chi connectivity index (χ2n) is 5.99. The van der Waals surface area contributed by atoms with Crippen molar-refractivity contribution < 1.29 is 4.79 Å². The Balaban J connectivity index is 1.60. The van der Waals surface area contributed by atoms with Crippen molar-refractivity contribution in [2.45, 2.75) is 13.3 Å². The number of hydrogen-bond acceptors (Lipinski definition) is 4. The fourth-order valence-electron chi connectivity index (χ4n) is 2.91. The summed E-state index contributed by atoms with van der Waals surface area (Å²) in [6.07, 6.45) is 1.54. The van der Waals surface area contributed by atoms with Crippen LogP contribution in [0.1, 0.15) is 11.3 Å². The fourth-order valence-corrected chi connectivity index (χ4v) is 2.91. The molecule has 3 aromatic heterocycles. The van der Waals surface area contributed by atoms with E-state index < -0.39 is 0 Å². The van der Waals surface area contributed by atoms with Gasteiger partial charge in [-0.05, 0) is 31.2 Å². The summed E-state index contributed by atoms with van der Waals surface area (Å²) in [6.45, 7) is 1.71. The minimum Gasteiger partial charge on any atom is -0.326 e. The molecule has 0 bridgehead atoms. The van der Waals surface area contributed by atoms with Gasteiger partial charge in [-0.2, -0.15) is 0 Å². The van der Waals surface area contributed by atoms with Gasteiger partial charge in [-0.15, -0.1) is 0 Å². The topological polar surface area (TPSA) is 112 Å². The van der Waals surface area contributed by atoms with E-state index in [0.29, 0.717) is 28.1 Å². The highest BCUT2D eigenvalue weighted by molar-refractivity contribution is 5.94. The van der Waals surface area contributed by atoms with Crippen LogP contribution in [0.2, 0.25) is 0 Å². The zero-order valence-electron chi connectivity index (χ0n) is 13.9. The predicted molar refractivity (Wildman–Crippen MR) is 97.5 cm³/mol. The number of anilines is 1. The number of aromatic nitrogens is 4. The highest BCUT2D eigenvalue weighted by Crippen LogP contribution is 2.16. The Morgan fingerprint density at radius 2 is 2.04 bits per heavy atom. The van der Waals surface area contributed by atoms with Gasteiger partial charge in [-0.3, -0.25) is 19.5 Å². The van der Waals surface area contributed by atoms with Gasteiger partial charge in [0.25, 0.3) is 5.56 Å². The first-order chi connectivity index (χ1) is 12.5. The van der Waals surface area contributed by atoms with Crippen LogP contribution in [-0.4, -0.2) is 25.5 Å². The molecule has 0 saturated heterocycles. The van der Waals surface area contributed by atoms with Crippen molar-refractivity contribution in [2.75, 3.05) is 5.32 Å². The summed E-state index contributed by atoms with van der Waals surface area (Å²) in [6, 6.07) is 9.98. The molecule has 8 nitrogen and oxygen atoms in total. The lowest BCUT2D eigenvalue weighted by atomic mass is 10.1. The molecule has 0 aliphatic rings. The molecule has 0 aliphatic carbocycles. The molecule has 0 radical (unpaired) electrons. The minimum absolute atomic E-state index is 0.0801. The first-order valence-electron chi connectivity index (χ1n) is 8.00. The summed E-state index contributed by atoms with van der Waals surface area (Å²) < 4.78 is 1.31. The first kappa shape index (κ1) is 15.8. The van der Waals surface area contributed by atoms with Crippen LogP contribution in [-0.2, 0) is 11.2 Å². The second-order valence-corrected chi connectivity index (χ2v) is 5.99. The molecule has 0 atom stereocenters. The summed E-state index contributed by atoms with van der Waals surface area (Å²) in [7, 11) is 0. The Bertz CT molecular complexity index is 1270. The number of benzene rings is 1. The summed E-state index contributed by atoms with van der Waals surface area (Å²) >= 11 is 0. The fraction of sp³-hybridized carbons (Fsp3) is 0.111. The van der Waals surface area contributed by atoms with Crippen LogP contribution in [0.3, 0.4) is 0 Å². The molecule has 4 rings (SSSR count). The number of nitrogens with zero attached hydrogens (tertiary/aromatic N) is 2. The molecule has 0 unspecified atom stereocenters. The zero-order valence-corrected chi connectivity index (χ0v) is 13.9. The molecule has 1 amide bonds. The van der Waals surface area contributed by atoms with Crippen LogP contribution in [0.5, 0.6) is 0 Å². The summed E-state index contributed by atoms with van der Waals surface area (Å²) in [5.41, 5.74) is 2.18. The number of nitrogens with one attached hydrogen (secondary N) is 3. The molecule has 4 aromatic rings. The van der Waals surface area contributed by atoms with E-state index in [1.165, 1.54) is 10.6 Å². The normalized spacial score (nSPS) is 11.1. The van der Waals surface area contributed by atoms with Crippen LogP contribution in [0.15, 0.2) is 52.2 Å². The number of carbonyl (C=O) groups excluding carboxylic acids is 1. The van der Waals surface area contributed by atoms with E-state index >= 15 is 0 Å². The lowest BCUT2D eigenvalue weighted by molar-refractivity contribution is -0.115. The van der Waals surface area contributed by atoms with E-state index in [0.717, 1.165) is 5.39 Å². The van der Waals surface area contributed by atoms with Gasteiger partial charge in [-0.1, -0.05) is 0 Å². The van der Waals surface area contributed by atoms with Crippen LogP contribution in [0.4, 0.5) is 5.69 Å². The molecule has 26 heavy (non-hydrogen) atoms. The second kappa shape index (κ2) is 5.99. The van der Waals surface area contributed by atoms with Crippen molar-refractivity contribution in [1.82, 2.24) is 19.6 Å². The highest BCUT2D eigenvalue weighted by Gasteiger charge is 2.14. The maximum Gasteiger partial charge on any atom is 0.276 e. The van der Waals surface area contributed by atoms with Crippen molar-refractivity contribution in [3.05, 3.63) is 74.6 Å². The average molecular weight is 349 g/mol. The molecule has 0 aliphatic heterocycles. The number of aromatic amines is 2. The molecule has 0 spiro atoms. The van der Waals surface area contributed by atoms with Crippen LogP contribution in [0.25, 0.3) is 16.6 Å². The lowest BCUT2D eigenvalue weighted by Gasteiger charge is -2.08. The number of hydrogen-bond donors (Lipinski definition) is 3. The van der Waals surface area contributed by atoms with Gasteiger partial charge in [0.15, 0.2) is 5.65 Å². The molecule has 0 fully saturated rings. The van der Waals surface area contributed by atoms with Gasteiger partial charge < -0.3 is 10.3 Å². The number of carbonyl (C=O) groups is 1. The van der Waals surface area contributed by atoms with Crippen molar-refractivity contribution in [1.29, 1.82) is 0 Å². The molecule has 130 valence electrons. The third-order valence-corrected chi connectivity index (χ3v) is 4.19. The first-order valence-corrected chi connectivity index (χ1v) is 8.00. The van der Waals surface area contributed by atoms with Crippen molar-refractivity contribution in [3.8, 4) is 0 Å². The van der Waals surface area contributed by atoms with Crippen molar-refractivity contribution >= 4 is 28.1 Å². The van der Waals surface area contributed by atoms with Crippen LogP contribution in [0, 0.1) is 6.92 Å². The Kier molecular flexibility index (Phi) is 3.65. The minimum atomic E-state index is -0.317. The van der Waals surface area contributed by atoms with Gasteiger partial charge in [-0.25, -0.2) is 9.50 Å². The molecule has 3 heterocycles. The predicted octanol–water partition coefficient (Wildman–Crippen LogP) is 1.35. The lowest BCUT2D eigenvalue weighted by Crippen LogP contribution is -2.26. The Morgan fingerprint density at radius 1 is 1.19 bits per heavy atom. The Hall–Kier alpha value is -3.68. The summed E-state index contributed by atoms with van der Waals surface area (Å²) in [4.78, 5) is 43.2. The molecule has 0 saturated carbocycles. The van der Waals surface area contributed by atoms with Crippen LogP contribution < -0.4 is 16.4 Å². The number of rotatable bonds is 3. The van der Waals surface area contributed by atoms with E-state index in [-0.39, 0.29) is 23.4 Å². The van der Waals surface area contributed by atoms with Crippen LogP contribution >= 0.6 is 0 Å². The SMILES string of the molecule is Cc1nc2cc[nH]n2c(=O)c1CC(=O)Nc1ccc2[nH]c(=O)ccc2c1. The molecule has 1 aromatic carbocycles. The molecule has 8 heteroatoms. The van der Waals surface area contributed by atoms with Gasteiger partial charge >= 0.3 is 0 Å². The van der Waals surface area contributed by atoms with Crippen molar-refractivity contribution in [2.24, 2.45) is 0 Å². The van der Waals surface area contributed by atoms with Gasteiger partial charge in [0.05, 0.1) is 6.42 Å². The largest absolute Gasteiger partial charge is 0.326 e. The number of amides is 1. The van der Waals surface area contributed by atoms with Gasteiger partial charge in [0.2, 0.25) is 11.5 Å². The summed E-state index contributed by atoms with van der Waals surface area (Å²) in [5.74, 6) is -0.317. The molecule has 3 N–H and O–H groups in total. The van der Waals surface area contributed by atoms with E-state index in [1.54, 1.807) is 43.5 Å². The van der Waals surface area contributed by atoms with E-state index in [9.17, 15) is 14.4 Å². The van der Waals surface area contributed by atoms with E-state index in [2.05, 4.69) is 20.4 Å². The maximum atomic E-state index is 12.5. The Morgan fingerprint density at radius 3 is 2.88 bits per heavy atom. The average Bonchev–Trinajstić information content (AvgIpc) is 3.07. The molecular formula is C18H15N5O3. The van der Waals surface area contributed by atoms with Gasteiger partial charge in [0, 0.05) is 46.2 Å². The monoisotopic (exact) mass is 349 g/mol. The van der Waals surface area contributed by atoms with E-state index in [4.69, 9.17) is 0 Å². The molecular weight excluding hydrogens is 334 g/mol. The quantitative estimate of drug-likeness (QED) is 0.518. The van der Waals surface area contributed by atoms with Crippen molar-refractivity contribution in [3.63, 3.8) is 0 Å². The zero-order chi connectivity index (χ0) is 18.3. The smallest absolute Gasteiger partial charge is 0.276 e. The maximum absolute atomic E-state index is 12.5. The third-order valence-electron chi connectivity index (χ3n) is 4.19. The number of pyridine rings is 1. The summed E-state index contributed by atoms with van der Waals surface area (Å²) in [5, 5.41) is 6.36. The van der Waals surface area contributed by atoms with E-state index in [1.807, 2.05) is 0 Å². The number of aryl methyl sites for hydroxylation is 1. The highest BCUT2D eigenvalue weighted by atomic mass is 16.2. The standard InChI is InChI=1S/C18H15N5O3/c1-10-13(18(26)23-15(20-10)6-7-19-23)9-17(25)21-12-3-4-14-11(8-12)2-5-16(24)22-14/h2-8,19H,9H2,1H3,(H,21,25)(H,22,24). The van der Waals surface area contributed by atoms with Gasteiger partial charge in [0.1, 0.15) is 0 Å².